The summed E-state index contributed by atoms with van der Waals surface area (Å²) in [5, 5.41) is 11.5. The highest BCUT2D eigenvalue weighted by atomic mass is 31.2. The van der Waals surface area contributed by atoms with Crippen LogP contribution in [0.3, 0.4) is 0 Å². The van der Waals surface area contributed by atoms with Gasteiger partial charge in [0, 0.05) is 0 Å². The van der Waals surface area contributed by atoms with E-state index in [-0.39, 0.29) is 5.41 Å². The van der Waals surface area contributed by atoms with Crippen molar-refractivity contribution in [2.75, 3.05) is 13.2 Å². The van der Waals surface area contributed by atoms with Gasteiger partial charge in [0.05, 0.1) is 24.1 Å². The Kier molecular flexibility index (Phi) is 6.88. The van der Waals surface area contributed by atoms with Crippen LogP contribution in [0.15, 0.2) is 11.4 Å². The van der Waals surface area contributed by atoms with Crippen LogP contribution in [0.4, 0.5) is 0 Å². The predicted octanol–water partition coefficient (Wildman–Crippen LogP) is 5.12. The van der Waals surface area contributed by atoms with Crippen LogP contribution in [0, 0.1) is 11.3 Å². The summed E-state index contributed by atoms with van der Waals surface area (Å²) in [5.41, 5.74) is -0.836. The molecule has 0 aromatic heterocycles. The van der Waals surface area contributed by atoms with Crippen LogP contribution >= 0.6 is 7.60 Å². The second-order valence-electron chi connectivity index (χ2n) is 7.18. The Balaban J connectivity index is 2.98. The minimum absolute atomic E-state index is 0.237. The Hall–Kier alpha value is -0.150. The van der Waals surface area contributed by atoms with E-state index in [9.17, 15) is 9.67 Å². The van der Waals surface area contributed by atoms with Gasteiger partial charge in [0.2, 0.25) is 0 Å². The van der Waals surface area contributed by atoms with Crippen molar-refractivity contribution < 1.29 is 18.7 Å². The molecule has 0 heterocycles. The van der Waals surface area contributed by atoms with E-state index >= 15 is 0 Å². The average molecular weight is 332 g/mol. The smallest absolute Gasteiger partial charge is 0.359 e. The first kappa shape index (κ1) is 19.9. The number of rotatable bonds is 6. The van der Waals surface area contributed by atoms with Crippen molar-refractivity contribution in [2.24, 2.45) is 11.3 Å². The van der Waals surface area contributed by atoms with E-state index in [2.05, 4.69) is 20.8 Å². The third kappa shape index (κ3) is 4.44. The molecule has 22 heavy (non-hydrogen) atoms. The third-order valence-electron chi connectivity index (χ3n) is 4.68. The lowest BCUT2D eigenvalue weighted by molar-refractivity contribution is 0.00662. The number of aliphatic hydroxyl groups is 1. The first-order chi connectivity index (χ1) is 10.1. The van der Waals surface area contributed by atoms with Gasteiger partial charge < -0.3 is 14.2 Å². The summed E-state index contributed by atoms with van der Waals surface area (Å²) >= 11 is 0. The van der Waals surface area contributed by atoms with Crippen molar-refractivity contribution in [1.82, 2.24) is 0 Å². The van der Waals surface area contributed by atoms with Crippen LogP contribution in [0.1, 0.15) is 67.2 Å². The summed E-state index contributed by atoms with van der Waals surface area (Å²) in [6.07, 6.45) is 4.80. The summed E-state index contributed by atoms with van der Waals surface area (Å²) in [4.78, 5) is 0. The summed E-state index contributed by atoms with van der Waals surface area (Å²) in [6.45, 7) is 12.7. The van der Waals surface area contributed by atoms with Gasteiger partial charge in [-0.15, -0.1) is 0 Å². The molecule has 5 heteroatoms. The molecule has 0 aromatic rings. The molecule has 1 fully saturated rings. The molecular formula is C17H33O4P. The van der Waals surface area contributed by atoms with E-state index in [0.29, 0.717) is 37.3 Å². The molecule has 0 bridgehead atoms. The van der Waals surface area contributed by atoms with Crippen molar-refractivity contribution in [3.63, 3.8) is 0 Å². The maximum Gasteiger partial charge on any atom is 0.359 e. The van der Waals surface area contributed by atoms with Gasteiger partial charge in [0.1, 0.15) is 0 Å². The number of allylic oxidation sites excluding steroid dienone is 1. The molecule has 1 saturated carbocycles. The molecule has 0 amide bonds. The molecule has 1 aliphatic carbocycles. The minimum Gasteiger partial charge on any atom is -0.385 e. The monoisotopic (exact) mass is 332 g/mol. The van der Waals surface area contributed by atoms with Crippen molar-refractivity contribution in [2.45, 2.75) is 72.8 Å². The average Bonchev–Trinajstić information content (AvgIpc) is 2.38. The van der Waals surface area contributed by atoms with Gasteiger partial charge in [-0.3, -0.25) is 4.57 Å². The highest BCUT2D eigenvalue weighted by Crippen LogP contribution is 2.62. The van der Waals surface area contributed by atoms with Gasteiger partial charge in [0.15, 0.2) is 0 Å². The normalized spacial score (nSPS) is 28.0. The van der Waals surface area contributed by atoms with Crippen molar-refractivity contribution in [1.29, 1.82) is 0 Å². The Morgan fingerprint density at radius 1 is 1.23 bits per heavy atom. The largest absolute Gasteiger partial charge is 0.385 e. The zero-order chi connectivity index (χ0) is 17.0. The van der Waals surface area contributed by atoms with Gasteiger partial charge in [0.25, 0.3) is 0 Å². The summed E-state index contributed by atoms with van der Waals surface area (Å²) < 4.78 is 23.9. The van der Waals surface area contributed by atoms with E-state index < -0.39 is 13.2 Å². The maximum atomic E-state index is 13.1. The molecule has 0 atom stereocenters. The molecule has 0 radical (unpaired) electrons. The van der Waals surface area contributed by atoms with Gasteiger partial charge >= 0.3 is 7.60 Å². The van der Waals surface area contributed by atoms with Crippen LogP contribution in [0.2, 0.25) is 0 Å². The van der Waals surface area contributed by atoms with E-state index in [1.165, 1.54) is 0 Å². The zero-order valence-corrected chi connectivity index (χ0v) is 15.9. The van der Waals surface area contributed by atoms with Crippen LogP contribution in [-0.2, 0) is 13.6 Å². The van der Waals surface area contributed by atoms with Gasteiger partial charge in [-0.1, -0.05) is 26.8 Å². The predicted molar refractivity (Wildman–Crippen MR) is 91.0 cm³/mol. The topological polar surface area (TPSA) is 55.8 Å². The molecule has 0 spiro atoms. The molecular weight excluding hydrogens is 299 g/mol. The van der Waals surface area contributed by atoms with Crippen molar-refractivity contribution in [3.8, 4) is 0 Å². The molecule has 0 unspecified atom stereocenters. The Morgan fingerprint density at radius 2 is 1.68 bits per heavy atom. The highest BCUT2D eigenvalue weighted by Gasteiger charge is 2.47. The van der Waals surface area contributed by atoms with Crippen molar-refractivity contribution >= 4 is 7.60 Å². The number of hydrogen-bond acceptors (Lipinski definition) is 4. The fraction of sp³-hybridized carbons (Fsp3) is 0.882. The van der Waals surface area contributed by atoms with Crippen molar-refractivity contribution in [3.05, 3.63) is 11.4 Å². The van der Waals surface area contributed by atoms with Gasteiger partial charge in [-0.05, 0) is 57.8 Å². The van der Waals surface area contributed by atoms with E-state index in [1.54, 1.807) is 26.8 Å². The quantitative estimate of drug-likeness (QED) is 0.686. The van der Waals surface area contributed by atoms with Crippen LogP contribution in [0.5, 0.6) is 0 Å². The Bertz CT molecular complexity index is 418. The SMILES string of the molecule is C/C=C(\C1(O)CCC(C(C)(C)C)CC1)P(=O)(OCC)OCC. The fourth-order valence-corrected chi connectivity index (χ4v) is 5.50. The van der Waals surface area contributed by atoms with Crippen LogP contribution in [0.25, 0.3) is 0 Å². The lowest BCUT2D eigenvalue weighted by Crippen LogP contribution is -2.39. The Labute approximate surface area is 135 Å². The zero-order valence-electron chi connectivity index (χ0n) is 15.0. The van der Waals surface area contributed by atoms with Gasteiger partial charge in [-0.25, -0.2) is 0 Å². The minimum atomic E-state index is -3.41. The fourth-order valence-electron chi connectivity index (χ4n) is 3.42. The van der Waals surface area contributed by atoms with Crippen LogP contribution in [-0.4, -0.2) is 23.9 Å². The highest BCUT2D eigenvalue weighted by molar-refractivity contribution is 7.58. The molecule has 4 nitrogen and oxygen atoms in total. The first-order valence-corrected chi connectivity index (χ1v) is 9.96. The number of hydrogen-bond donors (Lipinski definition) is 1. The summed E-state index contributed by atoms with van der Waals surface area (Å²) in [7, 11) is -3.41. The lowest BCUT2D eigenvalue weighted by Gasteiger charge is -2.43. The second kappa shape index (κ2) is 7.61. The summed E-state index contributed by atoms with van der Waals surface area (Å²) in [6, 6.07) is 0. The Morgan fingerprint density at radius 3 is 2.00 bits per heavy atom. The molecule has 130 valence electrons. The molecule has 0 saturated heterocycles. The molecule has 1 N–H and O–H groups in total. The summed E-state index contributed by atoms with van der Waals surface area (Å²) in [5.74, 6) is 0.574. The van der Waals surface area contributed by atoms with E-state index in [0.717, 1.165) is 12.8 Å². The standard InChI is InChI=1S/C17H33O4P/c1-7-15(22(19,20-8-2)21-9-3)17(18)12-10-14(11-13-17)16(4,5)6/h7,14,18H,8-13H2,1-6H3/b15-7+. The lowest BCUT2D eigenvalue weighted by atomic mass is 9.68. The third-order valence-corrected chi connectivity index (χ3v) is 7.14. The van der Waals surface area contributed by atoms with Gasteiger partial charge in [-0.2, -0.15) is 0 Å². The molecule has 0 aromatic carbocycles. The van der Waals surface area contributed by atoms with Crippen LogP contribution < -0.4 is 0 Å². The second-order valence-corrected chi connectivity index (χ2v) is 9.17. The maximum absolute atomic E-state index is 13.1. The molecule has 0 aliphatic heterocycles. The molecule has 1 aliphatic rings. The molecule has 1 rings (SSSR count). The van der Waals surface area contributed by atoms with E-state index in [4.69, 9.17) is 9.05 Å². The first-order valence-electron chi connectivity index (χ1n) is 8.41. The van der Waals surface area contributed by atoms with E-state index in [1.807, 2.05) is 0 Å².